The average molecular weight is 488 g/mol. The van der Waals surface area contributed by atoms with Crippen molar-refractivity contribution in [2.45, 2.75) is 25.1 Å². The topological polar surface area (TPSA) is 62.3 Å². The molecule has 1 atom stereocenters. The summed E-state index contributed by atoms with van der Waals surface area (Å²) in [4.78, 5) is 10.7. The normalized spacial score (nSPS) is 17.8. The van der Waals surface area contributed by atoms with Crippen molar-refractivity contribution in [3.05, 3.63) is 69.4 Å². The molecule has 0 amide bonds. The van der Waals surface area contributed by atoms with Gasteiger partial charge in [-0.1, -0.05) is 23.5 Å². The van der Waals surface area contributed by atoms with Crippen molar-refractivity contribution < 1.29 is 17.9 Å². The highest BCUT2D eigenvalue weighted by atomic mass is 32.1. The van der Waals surface area contributed by atoms with Gasteiger partial charge in [0.15, 0.2) is 0 Å². The summed E-state index contributed by atoms with van der Waals surface area (Å²) in [7, 11) is 1.65. The molecule has 0 radical (unpaired) electrons. The Balaban J connectivity index is 1.46. The van der Waals surface area contributed by atoms with Crippen LogP contribution in [0.15, 0.2) is 42.6 Å². The first-order valence-electron chi connectivity index (χ1n) is 11.0. The fourth-order valence-electron chi connectivity index (χ4n) is 4.38. The molecule has 1 unspecified atom stereocenters. The minimum absolute atomic E-state index is 0.170. The molecule has 6 nitrogen and oxygen atoms in total. The maximum Gasteiger partial charge on any atom is 0.443 e. The summed E-state index contributed by atoms with van der Waals surface area (Å²) in [5.74, 6) is 0.827. The van der Waals surface area contributed by atoms with Crippen LogP contribution in [-0.2, 0) is 12.6 Å². The number of piperazine rings is 1. The molecule has 1 aromatic carbocycles. The van der Waals surface area contributed by atoms with Crippen LogP contribution in [0.3, 0.4) is 0 Å². The van der Waals surface area contributed by atoms with Crippen molar-refractivity contribution >= 4 is 28.2 Å². The third-order valence-electron chi connectivity index (χ3n) is 6.00. The highest BCUT2D eigenvalue weighted by molar-refractivity contribution is 7.16. The van der Waals surface area contributed by atoms with E-state index in [2.05, 4.69) is 31.6 Å². The number of anilines is 1. The number of methoxy groups -OCH3 is 1. The molecule has 4 heterocycles. The lowest BCUT2D eigenvalue weighted by molar-refractivity contribution is -0.137. The highest BCUT2D eigenvalue weighted by Gasteiger charge is 2.38. The van der Waals surface area contributed by atoms with Crippen LogP contribution in [0.1, 0.15) is 22.7 Å². The van der Waals surface area contributed by atoms with Crippen LogP contribution in [0.25, 0.3) is 11.9 Å². The second kappa shape index (κ2) is 9.27. The first-order chi connectivity index (χ1) is 16.4. The summed E-state index contributed by atoms with van der Waals surface area (Å²) in [6.07, 6.45) is 0.613. The van der Waals surface area contributed by atoms with E-state index >= 15 is 0 Å². The Hall–Kier alpha value is -3.11. The molecule has 2 N–H and O–H groups in total. The van der Waals surface area contributed by atoms with E-state index in [0.29, 0.717) is 46.2 Å². The van der Waals surface area contributed by atoms with Gasteiger partial charge in [-0.25, -0.2) is 4.98 Å². The number of ether oxygens (including phenoxy) is 1. The number of pyridine rings is 1. The summed E-state index contributed by atoms with van der Waals surface area (Å²) in [6.45, 7) is 2.02. The van der Waals surface area contributed by atoms with Crippen molar-refractivity contribution in [2.24, 2.45) is 0 Å². The van der Waals surface area contributed by atoms with Gasteiger partial charge in [0.1, 0.15) is 16.4 Å². The molecule has 0 aliphatic carbocycles. The molecule has 178 valence electrons. The van der Waals surface area contributed by atoms with Crippen LogP contribution in [0.5, 0.6) is 5.75 Å². The highest BCUT2D eigenvalue weighted by Crippen LogP contribution is 2.39. The number of alkyl halides is 3. The smallest absolute Gasteiger partial charge is 0.443 e. The van der Waals surface area contributed by atoms with Gasteiger partial charge in [-0.15, -0.1) is 0 Å². The summed E-state index contributed by atoms with van der Waals surface area (Å²) >= 11 is 0.625. The van der Waals surface area contributed by atoms with Crippen LogP contribution in [0, 0.1) is 0 Å². The first kappa shape index (κ1) is 22.7. The van der Waals surface area contributed by atoms with Gasteiger partial charge in [0.05, 0.1) is 18.2 Å². The van der Waals surface area contributed by atoms with Gasteiger partial charge in [0.25, 0.3) is 0 Å². The summed E-state index contributed by atoms with van der Waals surface area (Å²) in [5.41, 5.74) is 2.13. The van der Waals surface area contributed by atoms with E-state index in [1.54, 1.807) is 19.5 Å². The number of nitrogens with zero attached hydrogens (tertiary/aromatic N) is 3. The number of rotatable bonds is 5. The standard InChI is InChI=1S/C24H24F3N5OS/c1-33-18-6-2-4-15(12-18)7-8-17-14-32(11-10-28-17)21-19-16(5-3-9-29-19)13-30-22-20(21)31-23(34-22)24(25,26)27/h2-6,9,12-13,17,28,30H,7-8,10-11,14H2,1H3. The zero-order chi connectivity index (χ0) is 23.7. The number of thiazole rings is 1. The van der Waals surface area contributed by atoms with E-state index in [1.807, 2.05) is 30.3 Å². The second-order valence-electron chi connectivity index (χ2n) is 8.26. The Morgan fingerprint density at radius 1 is 1.24 bits per heavy atom. The van der Waals surface area contributed by atoms with Crippen molar-refractivity contribution in [3.8, 4) is 5.75 Å². The first-order valence-corrected chi connectivity index (χ1v) is 11.9. The fourth-order valence-corrected chi connectivity index (χ4v) is 5.18. The number of hydrogen-bond acceptors (Lipinski definition) is 7. The number of fused-ring (bicyclic) bond motifs is 2. The Bertz CT molecular complexity index is 1310. The monoisotopic (exact) mass is 487 g/mol. The third kappa shape index (κ3) is 4.60. The van der Waals surface area contributed by atoms with Crippen molar-refractivity contribution in [1.82, 2.24) is 20.2 Å². The van der Waals surface area contributed by atoms with E-state index in [0.717, 1.165) is 30.4 Å². The van der Waals surface area contributed by atoms with E-state index < -0.39 is 11.2 Å². The number of hydrogen-bond donors (Lipinski definition) is 2. The predicted octanol–water partition coefficient (Wildman–Crippen LogP) is 2.79. The van der Waals surface area contributed by atoms with Crippen LogP contribution < -0.4 is 25.9 Å². The number of aryl methyl sites for hydroxylation is 1. The van der Waals surface area contributed by atoms with E-state index in [1.165, 1.54) is 5.56 Å². The van der Waals surface area contributed by atoms with Crippen LogP contribution >= 0.6 is 11.3 Å². The summed E-state index contributed by atoms with van der Waals surface area (Å²) in [5, 5.41) is 7.56. The van der Waals surface area contributed by atoms with Gasteiger partial charge in [0, 0.05) is 43.3 Å². The number of benzene rings is 1. The molecular weight excluding hydrogens is 463 g/mol. The van der Waals surface area contributed by atoms with Gasteiger partial charge in [-0.2, -0.15) is 13.2 Å². The lowest BCUT2D eigenvalue weighted by atomic mass is 10.0. The van der Waals surface area contributed by atoms with Gasteiger partial charge in [0.2, 0.25) is 5.01 Å². The minimum Gasteiger partial charge on any atom is -0.497 e. The Morgan fingerprint density at radius 2 is 2.12 bits per heavy atom. The van der Waals surface area contributed by atoms with Crippen molar-refractivity contribution in [3.63, 3.8) is 0 Å². The molecular formula is C24H24F3N5OS. The lowest BCUT2D eigenvalue weighted by Gasteiger charge is -2.36. The maximum atomic E-state index is 13.5. The minimum atomic E-state index is -4.50. The maximum absolute atomic E-state index is 13.5. The van der Waals surface area contributed by atoms with Crippen molar-refractivity contribution in [2.75, 3.05) is 32.1 Å². The van der Waals surface area contributed by atoms with Gasteiger partial charge < -0.3 is 20.3 Å². The summed E-state index contributed by atoms with van der Waals surface area (Å²) < 4.78 is 45.7. The number of halogens is 3. The van der Waals surface area contributed by atoms with Crippen LogP contribution in [0.4, 0.5) is 18.2 Å². The molecule has 3 aromatic rings. The lowest BCUT2D eigenvalue weighted by Crippen LogP contribution is -2.52. The molecule has 0 bridgehead atoms. The van der Waals surface area contributed by atoms with Crippen molar-refractivity contribution in [1.29, 1.82) is 0 Å². The Morgan fingerprint density at radius 3 is 2.94 bits per heavy atom. The predicted molar refractivity (Wildman–Crippen MR) is 126 cm³/mol. The number of nitrogens with one attached hydrogen (secondary N) is 2. The molecule has 2 aliphatic rings. The van der Waals surface area contributed by atoms with E-state index in [-0.39, 0.29) is 6.04 Å². The molecule has 0 spiro atoms. The molecule has 0 saturated carbocycles. The van der Waals surface area contributed by atoms with E-state index in [9.17, 15) is 13.2 Å². The number of aromatic nitrogens is 2. The summed E-state index contributed by atoms with van der Waals surface area (Å²) in [6, 6.07) is 11.9. The zero-order valence-electron chi connectivity index (χ0n) is 18.5. The molecule has 10 heteroatoms. The largest absolute Gasteiger partial charge is 0.497 e. The van der Waals surface area contributed by atoms with Gasteiger partial charge in [-0.05, 0) is 42.7 Å². The van der Waals surface area contributed by atoms with E-state index in [4.69, 9.17) is 4.74 Å². The molecule has 2 aromatic heterocycles. The second-order valence-corrected chi connectivity index (χ2v) is 9.26. The molecule has 1 fully saturated rings. The Labute approximate surface area is 198 Å². The molecule has 2 aliphatic heterocycles. The van der Waals surface area contributed by atoms with Gasteiger partial charge in [-0.3, -0.25) is 4.98 Å². The fraction of sp³-hybridized carbons (Fsp3) is 0.333. The average Bonchev–Trinajstić information content (AvgIpc) is 3.21. The van der Waals surface area contributed by atoms with Crippen LogP contribution in [0.2, 0.25) is 0 Å². The van der Waals surface area contributed by atoms with Gasteiger partial charge >= 0.3 is 6.18 Å². The van der Waals surface area contributed by atoms with Crippen LogP contribution in [-0.4, -0.2) is 47.7 Å². The third-order valence-corrected chi connectivity index (χ3v) is 7.03. The Kier molecular flexibility index (Phi) is 6.18. The quantitative estimate of drug-likeness (QED) is 0.577. The molecule has 5 rings (SSSR count). The molecule has 1 saturated heterocycles. The molecule has 34 heavy (non-hydrogen) atoms. The SMILES string of the molecule is COc1cccc(CCC2CN(C3=c4ncccc4=CNc4sc(C(F)(F)F)nc43)CCN2)c1. The zero-order valence-corrected chi connectivity index (χ0v) is 19.3.